The van der Waals surface area contributed by atoms with Crippen LogP contribution >= 0.6 is 23.4 Å². The number of nitrogens with one attached hydrogen (secondary N) is 1. The number of carbonyl (C=O) groups excluding carboxylic acids is 1. The molecule has 0 spiro atoms. The summed E-state index contributed by atoms with van der Waals surface area (Å²) in [6.45, 7) is 1.87. The fourth-order valence-corrected chi connectivity index (χ4v) is 3.50. The van der Waals surface area contributed by atoms with E-state index in [2.05, 4.69) is 10.3 Å². The molecule has 5 nitrogen and oxygen atoms in total. The van der Waals surface area contributed by atoms with Crippen LogP contribution < -0.4 is 10.1 Å². The standard InChI is InChI=1S/C19H18ClN3O2S/c1-13(26-16-6-4-15(25-2)5-7-16)19(24)22-14-3-8-18(17(20)11-14)23-10-9-21-12-23/h3-13H,1-2H3,(H,22,24). The topological polar surface area (TPSA) is 56.1 Å². The zero-order chi connectivity index (χ0) is 18.5. The van der Waals surface area contributed by atoms with E-state index in [0.717, 1.165) is 16.3 Å². The van der Waals surface area contributed by atoms with Crippen molar-refractivity contribution in [3.05, 3.63) is 66.2 Å². The molecule has 0 aliphatic rings. The minimum absolute atomic E-state index is 0.0859. The molecule has 0 bridgehead atoms. The molecule has 26 heavy (non-hydrogen) atoms. The van der Waals surface area contributed by atoms with Crippen LogP contribution in [0.15, 0.2) is 66.1 Å². The summed E-state index contributed by atoms with van der Waals surface area (Å²) in [5, 5.41) is 3.19. The van der Waals surface area contributed by atoms with Crippen LogP contribution in [-0.4, -0.2) is 27.8 Å². The molecular weight excluding hydrogens is 370 g/mol. The lowest BCUT2D eigenvalue weighted by molar-refractivity contribution is -0.115. The van der Waals surface area contributed by atoms with E-state index in [1.165, 1.54) is 11.8 Å². The lowest BCUT2D eigenvalue weighted by Crippen LogP contribution is -2.22. The van der Waals surface area contributed by atoms with E-state index in [4.69, 9.17) is 16.3 Å². The number of carbonyl (C=O) groups is 1. The highest BCUT2D eigenvalue weighted by Gasteiger charge is 2.15. The first kappa shape index (κ1) is 18.4. The summed E-state index contributed by atoms with van der Waals surface area (Å²) in [5.41, 5.74) is 1.47. The normalized spacial score (nSPS) is 11.8. The van der Waals surface area contributed by atoms with Gasteiger partial charge in [-0.1, -0.05) is 11.6 Å². The van der Waals surface area contributed by atoms with Crippen LogP contribution in [0, 0.1) is 0 Å². The van der Waals surface area contributed by atoms with Crippen LogP contribution in [0.4, 0.5) is 5.69 Å². The Bertz CT molecular complexity index is 882. The highest BCUT2D eigenvalue weighted by molar-refractivity contribution is 8.00. The van der Waals surface area contributed by atoms with Gasteiger partial charge in [0.05, 0.1) is 29.4 Å². The second-order valence-corrected chi connectivity index (χ2v) is 7.38. The second-order valence-electron chi connectivity index (χ2n) is 5.56. The van der Waals surface area contributed by atoms with E-state index in [-0.39, 0.29) is 11.2 Å². The third-order valence-corrected chi connectivity index (χ3v) is 5.15. The first-order valence-electron chi connectivity index (χ1n) is 7.96. The van der Waals surface area contributed by atoms with Gasteiger partial charge in [-0.2, -0.15) is 0 Å². The van der Waals surface area contributed by atoms with Crippen molar-refractivity contribution < 1.29 is 9.53 Å². The van der Waals surface area contributed by atoms with Crippen LogP contribution in [0.25, 0.3) is 5.69 Å². The van der Waals surface area contributed by atoms with Gasteiger partial charge in [0.25, 0.3) is 0 Å². The van der Waals surface area contributed by atoms with Gasteiger partial charge in [-0.15, -0.1) is 11.8 Å². The van der Waals surface area contributed by atoms with Crippen LogP contribution in [0.5, 0.6) is 5.75 Å². The molecule has 1 heterocycles. The fourth-order valence-electron chi connectivity index (χ4n) is 2.35. The number of anilines is 1. The Morgan fingerprint density at radius 2 is 2.04 bits per heavy atom. The van der Waals surface area contributed by atoms with Gasteiger partial charge in [0.1, 0.15) is 5.75 Å². The second kappa shape index (κ2) is 8.29. The van der Waals surface area contributed by atoms with Crippen molar-refractivity contribution in [2.24, 2.45) is 0 Å². The van der Waals surface area contributed by atoms with Crippen LogP contribution in [-0.2, 0) is 4.79 Å². The van der Waals surface area contributed by atoms with E-state index in [1.807, 2.05) is 54.1 Å². The number of halogens is 1. The number of benzene rings is 2. The largest absolute Gasteiger partial charge is 0.497 e. The van der Waals surface area contributed by atoms with E-state index in [9.17, 15) is 4.79 Å². The van der Waals surface area contributed by atoms with Crippen LogP contribution in [0.2, 0.25) is 5.02 Å². The first-order chi connectivity index (χ1) is 12.6. The summed E-state index contributed by atoms with van der Waals surface area (Å²) < 4.78 is 6.96. The predicted octanol–water partition coefficient (Wildman–Crippen LogP) is 4.65. The Labute approximate surface area is 161 Å². The molecular formula is C19H18ClN3O2S. The van der Waals surface area contributed by atoms with Crippen molar-refractivity contribution in [2.45, 2.75) is 17.1 Å². The average molecular weight is 388 g/mol. The highest BCUT2D eigenvalue weighted by atomic mass is 35.5. The zero-order valence-corrected chi connectivity index (χ0v) is 15.9. The molecule has 1 atom stereocenters. The van der Waals surface area contributed by atoms with Gasteiger partial charge in [0.15, 0.2) is 0 Å². The number of amides is 1. The number of imidazole rings is 1. The molecule has 0 aliphatic heterocycles. The smallest absolute Gasteiger partial charge is 0.237 e. The number of hydrogen-bond donors (Lipinski definition) is 1. The Hall–Kier alpha value is -2.44. The molecule has 0 fully saturated rings. The minimum atomic E-state index is -0.254. The third kappa shape index (κ3) is 4.39. The molecule has 3 rings (SSSR count). The lowest BCUT2D eigenvalue weighted by atomic mass is 10.2. The fraction of sp³-hybridized carbons (Fsp3) is 0.158. The van der Waals surface area contributed by atoms with Crippen molar-refractivity contribution in [1.82, 2.24) is 9.55 Å². The number of nitrogens with zero attached hydrogens (tertiary/aromatic N) is 2. The molecule has 1 unspecified atom stereocenters. The third-order valence-electron chi connectivity index (χ3n) is 3.74. The van der Waals surface area contributed by atoms with Crippen molar-refractivity contribution in [3.8, 4) is 11.4 Å². The number of aromatic nitrogens is 2. The van der Waals surface area contributed by atoms with Gasteiger partial charge in [0.2, 0.25) is 5.91 Å². The summed E-state index contributed by atoms with van der Waals surface area (Å²) in [4.78, 5) is 17.5. The average Bonchev–Trinajstić information content (AvgIpc) is 3.16. The predicted molar refractivity (Wildman–Crippen MR) is 106 cm³/mol. The molecule has 0 saturated heterocycles. The summed E-state index contributed by atoms with van der Waals surface area (Å²) in [6.07, 6.45) is 5.17. The van der Waals surface area contributed by atoms with Gasteiger partial charge in [-0.05, 0) is 49.4 Å². The Morgan fingerprint density at radius 1 is 1.27 bits per heavy atom. The van der Waals surface area contributed by atoms with Crippen LogP contribution in [0.3, 0.4) is 0 Å². The van der Waals surface area contributed by atoms with Crippen molar-refractivity contribution in [1.29, 1.82) is 0 Å². The lowest BCUT2D eigenvalue weighted by Gasteiger charge is -2.13. The number of ether oxygens (including phenoxy) is 1. The first-order valence-corrected chi connectivity index (χ1v) is 9.22. The quantitative estimate of drug-likeness (QED) is 0.625. The number of hydrogen-bond acceptors (Lipinski definition) is 4. The van der Waals surface area contributed by atoms with Gasteiger partial charge < -0.3 is 14.6 Å². The van der Waals surface area contributed by atoms with Crippen molar-refractivity contribution in [3.63, 3.8) is 0 Å². The molecule has 1 aromatic heterocycles. The van der Waals surface area contributed by atoms with Crippen molar-refractivity contribution in [2.75, 3.05) is 12.4 Å². The highest BCUT2D eigenvalue weighted by Crippen LogP contribution is 2.28. The van der Waals surface area contributed by atoms with Crippen molar-refractivity contribution >= 4 is 35.0 Å². The van der Waals surface area contributed by atoms with E-state index in [1.54, 1.807) is 25.7 Å². The van der Waals surface area contributed by atoms with Gasteiger partial charge in [-0.3, -0.25) is 4.79 Å². The maximum Gasteiger partial charge on any atom is 0.237 e. The maximum atomic E-state index is 12.4. The van der Waals surface area contributed by atoms with Crippen LogP contribution in [0.1, 0.15) is 6.92 Å². The molecule has 7 heteroatoms. The number of rotatable bonds is 6. The Kier molecular flexibility index (Phi) is 5.85. The SMILES string of the molecule is COc1ccc(SC(C)C(=O)Nc2ccc(-n3ccnc3)c(Cl)c2)cc1. The Morgan fingerprint density at radius 3 is 2.65 bits per heavy atom. The summed E-state index contributed by atoms with van der Waals surface area (Å²) in [5.74, 6) is 0.705. The van der Waals surface area contributed by atoms with E-state index in [0.29, 0.717) is 10.7 Å². The van der Waals surface area contributed by atoms with E-state index < -0.39 is 0 Å². The summed E-state index contributed by atoms with van der Waals surface area (Å²) in [6, 6.07) is 13.0. The monoisotopic (exact) mass is 387 g/mol. The molecule has 0 radical (unpaired) electrons. The molecule has 0 saturated carbocycles. The minimum Gasteiger partial charge on any atom is -0.497 e. The van der Waals surface area contributed by atoms with Gasteiger partial charge in [-0.25, -0.2) is 4.98 Å². The number of methoxy groups -OCH3 is 1. The zero-order valence-electron chi connectivity index (χ0n) is 14.3. The molecule has 2 aromatic carbocycles. The summed E-state index contributed by atoms with van der Waals surface area (Å²) >= 11 is 7.81. The van der Waals surface area contributed by atoms with Gasteiger partial charge >= 0.3 is 0 Å². The van der Waals surface area contributed by atoms with E-state index >= 15 is 0 Å². The molecule has 1 N–H and O–H groups in total. The Balaban J connectivity index is 1.64. The maximum absolute atomic E-state index is 12.4. The molecule has 134 valence electrons. The molecule has 1 amide bonds. The van der Waals surface area contributed by atoms with Gasteiger partial charge in [0, 0.05) is 23.0 Å². The number of thioether (sulfide) groups is 1. The summed E-state index contributed by atoms with van der Waals surface area (Å²) in [7, 11) is 1.63. The molecule has 0 aliphatic carbocycles. The molecule has 3 aromatic rings.